The molecule has 0 radical (unpaired) electrons. The SMILES string of the molecule is CCCC(N)C(=O)NC(C)C1CCCO1.Cl. The summed E-state index contributed by atoms with van der Waals surface area (Å²) in [6.07, 6.45) is 3.96. The van der Waals surface area contributed by atoms with Crippen molar-refractivity contribution in [2.45, 2.75) is 57.7 Å². The average Bonchev–Trinajstić information content (AvgIpc) is 2.70. The van der Waals surface area contributed by atoms with Crippen LogP contribution in [0.15, 0.2) is 0 Å². The predicted octanol–water partition coefficient (Wildman–Crippen LogP) is 1.22. The Balaban J connectivity index is 0.00000225. The first-order chi connectivity index (χ1) is 7.15. The quantitative estimate of drug-likeness (QED) is 0.771. The number of hydrogen-bond donors (Lipinski definition) is 2. The van der Waals surface area contributed by atoms with Crippen molar-refractivity contribution in [3.8, 4) is 0 Å². The molecule has 0 spiro atoms. The van der Waals surface area contributed by atoms with E-state index in [0.717, 1.165) is 32.3 Å². The molecule has 5 heteroatoms. The lowest BCUT2D eigenvalue weighted by Crippen LogP contribution is -2.48. The Morgan fingerprint density at radius 1 is 1.62 bits per heavy atom. The Kier molecular flexibility index (Phi) is 7.72. The fourth-order valence-electron chi connectivity index (χ4n) is 1.86. The van der Waals surface area contributed by atoms with E-state index in [1.54, 1.807) is 0 Å². The van der Waals surface area contributed by atoms with E-state index < -0.39 is 0 Å². The highest BCUT2D eigenvalue weighted by molar-refractivity contribution is 5.85. The van der Waals surface area contributed by atoms with Gasteiger partial charge in [0.15, 0.2) is 0 Å². The van der Waals surface area contributed by atoms with Crippen LogP contribution in [0, 0.1) is 0 Å². The molecule has 3 N–H and O–H groups in total. The Hall–Kier alpha value is -0.320. The van der Waals surface area contributed by atoms with Gasteiger partial charge in [-0.3, -0.25) is 4.79 Å². The third kappa shape index (κ3) is 4.68. The summed E-state index contributed by atoms with van der Waals surface area (Å²) in [5, 5.41) is 2.92. The second kappa shape index (κ2) is 7.87. The van der Waals surface area contributed by atoms with Gasteiger partial charge in [0.25, 0.3) is 0 Å². The second-order valence-electron chi connectivity index (χ2n) is 4.24. The lowest BCUT2D eigenvalue weighted by Gasteiger charge is -2.21. The number of nitrogens with one attached hydrogen (secondary N) is 1. The van der Waals surface area contributed by atoms with Crippen LogP contribution in [0.3, 0.4) is 0 Å². The van der Waals surface area contributed by atoms with Crippen molar-refractivity contribution in [3.63, 3.8) is 0 Å². The van der Waals surface area contributed by atoms with Gasteiger partial charge in [-0.05, 0) is 26.2 Å². The van der Waals surface area contributed by atoms with E-state index in [0.29, 0.717) is 0 Å². The van der Waals surface area contributed by atoms with Gasteiger partial charge in [0.1, 0.15) is 0 Å². The van der Waals surface area contributed by atoms with Crippen LogP contribution in [0.2, 0.25) is 0 Å². The Morgan fingerprint density at radius 3 is 2.81 bits per heavy atom. The van der Waals surface area contributed by atoms with Crippen molar-refractivity contribution in [2.24, 2.45) is 5.73 Å². The number of rotatable bonds is 5. The van der Waals surface area contributed by atoms with Crippen LogP contribution in [-0.4, -0.2) is 30.7 Å². The zero-order valence-electron chi connectivity index (χ0n) is 10.1. The third-order valence-corrected chi connectivity index (χ3v) is 2.83. The summed E-state index contributed by atoms with van der Waals surface area (Å²) >= 11 is 0. The predicted molar refractivity (Wildman–Crippen MR) is 66.7 cm³/mol. The molecule has 4 nitrogen and oxygen atoms in total. The highest BCUT2D eigenvalue weighted by atomic mass is 35.5. The molecule has 0 bridgehead atoms. The molecule has 1 saturated heterocycles. The van der Waals surface area contributed by atoms with Gasteiger partial charge in [-0.25, -0.2) is 0 Å². The van der Waals surface area contributed by atoms with Gasteiger partial charge in [-0.2, -0.15) is 0 Å². The Morgan fingerprint density at radius 2 is 2.31 bits per heavy atom. The largest absolute Gasteiger partial charge is 0.376 e. The van der Waals surface area contributed by atoms with Crippen LogP contribution in [0.5, 0.6) is 0 Å². The second-order valence-corrected chi connectivity index (χ2v) is 4.24. The summed E-state index contributed by atoms with van der Waals surface area (Å²) in [5.74, 6) is -0.0557. The van der Waals surface area contributed by atoms with E-state index in [4.69, 9.17) is 10.5 Å². The summed E-state index contributed by atoms with van der Waals surface area (Å²) in [6, 6.07) is -0.304. The first-order valence-electron chi connectivity index (χ1n) is 5.82. The molecule has 1 amide bonds. The molecule has 0 aromatic carbocycles. The summed E-state index contributed by atoms with van der Waals surface area (Å²) in [7, 11) is 0. The van der Waals surface area contributed by atoms with Gasteiger partial charge in [0, 0.05) is 6.61 Å². The zero-order chi connectivity index (χ0) is 11.3. The number of carbonyl (C=O) groups is 1. The van der Waals surface area contributed by atoms with Crippen molar-refractivity contribution in [3.05, 3.63) is 0 Å². The average molecular weight is 251 g/mol. The Labute approximate surface area is 104 Å². The van der Waals surface area contributed by atoms with Crippen LogP contribution in [0.25, 0.3) is 0 Å². The van der Waals surface area contributed by atoms with Crippen molar-refractivity contribution in [1.29, 1.82) is 0 Å². The van der Waals surface area contributed by atoms with Crippen molar-refractivity contribution >= 4 is 18.3 Å². The van der Waals surface area contributed by atoms with E-state index >= 15 is 0 Å². The Bertz CT molecular complexity index is 208. The molecule has 0 aliphatic carbocycles. The standard InChI is InChI=1S/C11H22N2O2.ClH/c1-3-5-9(12)11(14)13-8(2)10-6-4-7-15-10;/h8-10H,3-7,12H2,1-2H3,(H,13,14);1H. The van der Waals surface area contributed by atoms with E-state index in [2.05, 4.69) is 5.32 Å². The summed E-state index contributed by atoms with van der Waals surface area (Å²) in [5.41, 5.74) is 5.72. The number of halogens is 1. The third-order valence-electron chi connectivity index (χ3n) is 2.83. The van der Waals surface area contributed by atoms with Crippen molar-refractivity contribution in [2.75, 3.05) is 6.61 Å². The molecule has 0 aromatic heterocycles. The van der Waals surface area contributed by atoms with Crippen LogP contribution in [0.1, 0.15) is 39.5 Å². The number of nitrogens with two attached hydrogens (primary N) is 1. The summed E-state index contributed by atoms with van der Waals surface area (Å²) in [4.78, 5) is 11.6. The smallest absolute Gasteiger partial charge is 0.237 e. The number of amides is 1. The van der Waals surface area contributed by atoms with Crippen molar-refractivity contribution < 1.29 is 9.53 Å². The molecular weight excluding hydrogens is 228 g/mol. The lowest BCUT2D eigenvalue weighted by atomic mass is 10.1. The first kappa shape index (κ1) is 15.7. The normalized spacial score (nSPS) is 23.3. The molecular formula is C11H23ClN2O2. The molecule has 1 aliphatic rings. The molecule has 96 valence electrons. The molecule has 3 atom stereocenters. The number of hydrogen-bond acceptors (Lipinski definition) is 3. The monoisotopic (exact) mass is 250 g/mol. The maximum atomic E-state index is 11.6. The van der Waals surface area contributed by atoms with Gasteiger partial charge in [0.2, 0.25) is 5.91 Å². The maximum absolute atomic E-state index is 11.6. The van der Waals surface area contributed by atoms with Gasteiger partial charge in [0.05, 0.1) is 18.2 Å². The molecule has 1 heterocycles. The fourth-order valence-corrected chi connectivity index (χ4v) is 1.86. The van der Waals surface area contributed by atoms with E-state index in [9.17, 15) is 4.79 Å². The maximum Gasteiger partial charge on any atom is 0.237 e. The molecule has 1 rings (SSSR count). The highest BCUT2D eigenvalue weighted by Crippen LogP contribution is 2.15. The van der Waals surface area contributed by atoms with Crippen LogP contribution in [0.4, 0.5) is 0 Å². The molecule has 0 aromatic rings. The topological polar surface area (TPSA) is 64.4 Å². The molecule has 1 aliphatic heterocycles. The van der Waals surface area contributed by atoms with E-state index in [-0.39, 0.29) is 36.5 Å². The van der Waals surface area contributed by atoms with Gasteiger partial charge in [-0.1, -0.05) is 13.3 Å². The molecule has 3 unspecified atom stereocenters. The van der Waals surface area contributed by atoms with E-state index in [1.165, 1.54) is 0 Å². The van der Waals surface area contributed by atoms with Crippen molar-refractivity contribution in [1.82, 2.24) is 5.32 Å². The summed E-state index contributed by atoms with van der Waals surface area (Å²) < 4.78 is 5.50. The zero-order valence-corrected chi connectivity index (χ0v) is 10.9. The van der Waals surface area contributed by atoms with E-state index in [1.807, 2.05) is 13.8 Å². The molecule has 0 saturated carbocycles. The minimum absolute atomic E-state index is 0. The van der Waals surface area contributed by atoms with Crippen LogP contribution < -0.4 is 11.1 Å². The van der Waals surface area contributed by atoms with Gasteiger partial charge >= 0.3 is 0 Å². The lowest BCUT2D eigenvalue weighted by molar-refractivity contribution is -0.124. The molecule has 1 fully saturated rings. The first-order valence-corrected chi connectivity index (χ1v) is 5.82. The highest BCUT2D eigenvalue weighted by Gasteiger charge is 2.24. The molecule has 16 heavy (non-hydrogen) atoms. The minimum Gasteiger partial charge on any atom is -0.376 e. The number of ether oxygens (including phenoxy) is 1. The van der Waals surface area contributed by atoms with Gasteiger partial charge in [-0.15, -0.1) is 12.4 Å². The minimum atomic E-state index is -0.376. The summed E-state index contributed by atoms with van der Waals surface area (Å²) in [6.45, 7) is 4.81. The fraction of sp³-hybridized carbons (Fsp3) is 0.909. The van der Waals surface area contributed by atoms with Gasteiger partial charge < -0.3 is 15.8 Å². The van der Waals surface area contributed by atoms with Crippen LogP contribution >= 0.6 is 12.4 Å². The van der Waals surface area contributed by atoms with Crippen LogP contribution in [-0.2, 0) is 9.53 Å². The number of carbonyl (C=O) groups excluding carboxylic acids is 1.